The molecule has 10 rings (SSSR count). The SMILES string of the molecule is C=C1C=CC=Cc2c1oc1cc(N(c3ccc(-c4ccccc4)cc3)c3cccc4c(-n5c6ccccc6c6ccccc65)cccc34)ccc21. The lowest BCUT2D eigenvalue weighted by Crippen LogP contribution is -2.10. The van der Waals surface area contributed by atoms with E-state index in [1.54, 1.807) is 0 Å². The van der Waals surface area contributed by atoms with E-state index < -0.39 is 0 Å². The minimum absolute atomic E-state index is 0.812. The van der Waals surface area contributed by atoms with Crippen molar-refractivity contribution < 1.29 is 4.42 Å². The van der Waals surface area contributed by atoms with Crippen LogP contribution in [0, 0.1) is 0 Å². The fraction of sp³-hybridized carbons (Fsp3) is 0. The van der Waals surface area contributed by atoms with Crippen molar-refractivity contribution in [2.75, 3.05) is 4.90 Å². The van der Waals surface area contributed by atoms with Gasteiger partial charge in [0, 0.05) is 55.5 Å². The van der Waals surface area contributed by atoms with E-state index >= 15 is 0 Å². The summed E-state index contributed by atoms with van der Waals surface area (Å²) in [6, 6.07) is 56.6. The summed E-state index contributed by atoms with van der Waals surface area (Å²) in [5, 5.41) is 5.90. The van der Waals surface area contributed by atoms with Crippen molar-refractivity contribution in [2.24, 2.45) is 0 Å². The summed E-state index contributed by atoms with van der Waals surface area (Å²) < 4.78 is 8.94. The molecule has 2 aromatic heterocycles. The van der Waals surface area contributed by atoms with Crippen LogP contribution in [0.2, 0.25) is 0 Å². The van der Waals surface area contributed by atoms with E-state index in [9.17, 15) is 0 Å². The molecule has 2 heterocycles. The predicted octanol–water partition coefficient (Wildman–Crippen LogP) is 13.4. The highest BCUT2D eigenvalue weighted by Crippen LogP contribution is 2.44. The van der Waals surface area contributed by atoms with Gasteiger partial charge in [-0.1, -0.05) is 134 Å². The summed E-state index contributed by atoms with van der Waals surface area (Å²) in [5.74, 6) is 0.812. The molecule has 0 unspecified atom stereocenters. The Balaban J connectivity index is 1.20. The number of furan rings is 1. The van der Waals surface area contributed by atoms with Gasteiger partial charge in [0.1, 0.15) is 11.3 Å². The number of anilines is 3. The molecule has 0 spiro atoms. The number of aromatic nitrogens is 1. The van der Waals surface area contributed by atoms with Gasteiger partial charge < -0.3 is 13.9 Å². The molecule has 0 fully saturated rings. The highest BCUT2D eigenvalue weighted by Gasteiger charge is 2.21. The summed E-state index contributed by atoms with van der Waals surface area (Å²) in [4.78, 5) is 2.35. The van der Waals surface area contributed by atoms with Gasteiger partial charge >= 0.3 is 0 Å². The Labute approximate surface area is 295 Å². The molecule has 1 aliphatic rings. The number of hydrogen-bond donors (Lipinski definition) is 0. The van der Waals surface area contributed by atoms with Crippen LogP contribution < -0.4 is 4.90 Å². The van der Waals surface area contributed by atoms with Gasteiger partial charge in [0.2, 0.25) is 0 Å². The Hall–Kier alpha value is -6.84. The molecule has 51 heavy (non-hydrogen) atoms. The normalized spacial score (nSPS) is 12.6. The number of benzene rings is 7. The fourth-order valence-corrected chi connectivity index (χ4v) is 7.76. The van der Waals surface area contributed by atoms with E-state index in [0.29, 0.717) is 0 Å². The maximum atomic E-state index is 6.53. The van der Waals surface area contributed by atoms with E-state index in [4.69, 9.17) is 4.42 Å². The van der Waals surface area contributed by atoms with Gasteiger partial charge in [-0.2, -0.15) is 0 Å². The van der Waals surface area contributed by atoms with Crippen molar-refractivity contribution in [1.29, 1.82) is 0 Å². The highest BCUT2D eigenvalue weighted by atomic mass is 16.3. The van der Waals surface area contributed by atoms with Crippen LogP contribution in [0.1, 0.15) is 11.3 Å². The zero-order valence-corrected chi connectivity index (χ0v) is 27.8. The van der Waals surface area contributed by atoms with Crippen molar-refractivity contribution >= 4 is 72.3 Å². The van der Waals surface area contributed by atoms with Gasteiger partial charge in [0.25, 0.3) is 0 Å². The second-order valence-corrected chi connectivity index (χ2v) is 13.0. The predicted molar refractivity (Wildman–Crippen MR) is 215 cm³/mol. The standard InChI is InChI=1S/C48H32N2O/c1-32-13-5-6-18-42-41-30-29-36(31-47(41)51-48(32)42)49(35-27-25-34(26-28-35)33-14-3-2-4-15-33)43-23-11-20-40-39(43)19-12-24-46(40)50-44-21-9-7-16-37(44)38-17-8-10-22-45(38)50/h2-31H,1H2. The Morgan fingerprint density at radius 3 is 1.90 bits per heavy atom. The van der Waals surface area contributed by atoms with E-state index in [0.717, 1.165) is 56.0 Å². The van der Waals surface area contributed by atoms with Crippen LogP contribution in [0.3, 0.4) is 0 Å². The van der Waals surface area contributed by atoms with Gasteiger partial charge in [0.15, 0.2) is 0 Å². The van der Waals surface area contributed by atoms with E-state index in [1.165, 1.54) is 38.3 Å². The Kier molecular flexibility index (Phi) is 6.65. The van der Waals surface area contributed by atoms with Crippen molar-refractivity contribution in [2.45, 2.75) is 0 Å². The third kappa shape index (κ3) is 4.67. The average Bonchev–Trinajstić information content (AvgIpc) is 3.66. The van der Waals surface area contributed by atoms with Crippen LogP contribution in [-0.4, -0.2) is 4.57 Å². The van der Waals surface area contributed by atoms with Crippen LogP contribution in [0.4, 0.5) is 17.1 Å². The lowest BCUT2D eigenvalue weighted by Gasteiger charge is -2.27. The zero-order valence-electron chi connectivity index (χ0n) is 27.8. The average molecular weight is 653 g/mol. The van der Waals surface area contributed by atoms with Crippen LogP contribution >= 0.6 is 0 Å². The Morgan fingerprint density at radius 1 is 0.490 bits per heavy atom. The maximum Gasteiger partial charge on any atom is 0.142 e. The van der Waals surface area contributed by atoms with E-state index in [1.807, 2.05) is 18.2 Å². The maximum absolute atomic E-state index is 6.53. The highest BCUT2D eigenvalue weighted by molar-refractivity contribution is 6.12. The summed E-state index contributed by atoms with van der Waals surface area (Å²) in [7, 11) is 0. The molecule has 3 nitrogen and oxygen atoms in total. The van der Waals surface area contributed by atoms with Crippen molar-refractivity contribution in [3.05, 3.63) is 194 Å². The number of rotatable bonds is 5. The van der Waals surface area contributed by atoms with Gasteiger partial charge in [-0.15, -0.1) is 0 Å². The monoisotopic (exact) mass is 652 g/mol. The first kappa shape index (κ1) is 29.1. The Morgan fingerprint density at radius 2 is 1.12 bits per heavy atom. The first-order chi connectivity index (χ1) is 25.2. The molecule has 0 saturated heterocycles. The van der Waals surface area contributed by atoms with Crippen LogP contribution in [0.25, 0.3) is 72.0 Å². The van der Waals surface area contributed by atoms with Crippen LogP contribution in [0.5, 0.6) is 0 Å². The first-order valence-electron chi connectivity index (χ1n) is 17.3. The molecule has 7 aromatic carbocycles. The molecule has 9 aromatic rings. The molecule has 0 bridgehead atoms. The minimum Gasteiger partial charge on any atom is -0.455 e. The third-order valence-electron chi connectivity index (χ3n) is 10.1. The molecular formula is C48H32N2O. The number of hydrogen-bond acceptors (Lipinski definition) is 2. The van der Waals surface area contributed by atoms with Crippen molar-refractivity contribution in [3.63, 3.8) is 0 Å². The second kappa shape index (κ2) is 11.6. The molecule has 0 amide bonds. The summed E-state index contributed by atoms with van der Waals surface area (Å²) in [5.41, 5.74) is 11.8. The molecular weight excluding hydrogens is 621 g/mol. The molecule has 1 aliphatic carbocycles. The largest absolute Gasteiger partial charge is 0.455 e. The molecule has 0 atom stereocenters. The van der Waals surface area contributed by atoms with Gasteiger partial charge in [-0.25, -0.2) is 0 Å². The molecule has 3 heteroatoms. The topological polar surface area (TPSA) is 21.3 Å². The Bertz CT molecular complexity index is 2810. The lowest BCUT2D eigenvalue weighted by atomic mass is 10.0. The number of fused-ring (bicyclic) bond motifs is 7. The number of para-hydroxylation sites is 2. The number of nitrogens with zero attached hydrogens (tertiary/aromatic N) is 2. The quantitative estimate of drug-likeness (QED) is 0.184. The van der Waals surface area contributed by atoms with E-state index in [2.05, 4.69) is 180 Å². The van der Waals surface area contributed by atoms with Crippen LogP contribution in [-0.2, 0) is 0 Å². The van der Waals surface area contributed by atoms with Crippen LogP contribution in [0.15, 0.2) is 187 Å². The first-order valence-corrected chi connectivity index (χ1v) is 17.3. The van der Waals surface area contributed by atoms with Crippen molar-refractivity contribution in [3.8, 4) is 16.8 Å². The summed E-state index contributed by atoms with van der Waals surface area (Å²) in [6.07, 6.45) is 8.16. The van der Waals surface area contributed by atoms with E-state index in [-0.39, 0.29) is 0 Å². The molecule has 0 aliphatic heterocycles. The molecule has 0 saturated carbocycles. The molecule has 0 N–H and O–H groups in total. The van der Waals surface area contributed by atoms with Gasteiger partial charge in [-0.05, 0) is 59.7 Å². The molecule has 240 valence electrons. The third-order valence-corrected chi connectivity index (χ3v) is 10.1. The lowest BCUT2D eigenvalue weighted by molar-refractivity contribution is 0.600. The zero-order chi connectivity index (χ0) is 33.9. The minimum atomic E-state index is 0.812. The second-order valence-electron chi connectivity index (χ2n) is 13.0. The molecule has 0 radical (unpaired) electrons. The van der Waals surface area contributed by atoms with Gasteiger partial charge in [-0.3, -0.25) is 0 Å². The summed E-state index contributed by atoms with van der Waals surface area (Å²) in [6.45, 7) is 4.26. The van der Waals surface area contributed by atoms with Crippen molar-refractivity contribution in [1.82, 2.24) is 4.57 Å². The number of allylic oxidation sites excluding steroid dienone is 4. The van der Waals surface area contributed by atoms with Gasteiger partial charge in [0.05, 0.1) is 22.4 Å². The smallest absolute Gasteiger partial charge is 0.142 e. The fourth-order valence-electron chi connectivity index (χ4n) is 7.76. The summed E-state index contributed by atoms with van der Waals surface area (Å²) >= 11 is 0.